The number of aryl methyl sites for hydroxylation is 1. The zero-order valence-corrected chi connectivity index (χ0v) is 13.3. The van der Waals surface area contributed by atoms with E-state index in [1.165, 1.54) is 28.4 Å². The van der Waals surface area contributed by atoms with Gasteiger partial charge in [-0.3, -0.25) is 11.3 Å². The van der Waals surface area contributed by atoms with E-state index in [0.29, 0.717) is 11.3 Å². The van der Waals surface area contributed by atoms with Crippen molar-refractivity contribution >= 4 is 23.5 Å². The molecule has 0 bridgehead atoms. The Morgan fingerprint density at radius 1 is 1.40 bits per heavy atom. The molecule has 2 aliphatic rings. The van der Waals surface area contributed by atoms with E-state index in [-0.39, 0.29) is 0 Å². The summed E-state index contributed by atoms with van der Waals surface area (Å²) in [5, 5.41) is 0.650. The van der Waals surface area contributed by atoms with Crippen LogP contribution in [0.5, 0.6) is 5.75 Å². The molecule has 3 nitrogen and oxygen atoms in total. The molecule has 2 heterocycles. The summed E-state index contributed by atoms with van der Waals surface area (Å²) in [6, 6.07) is 7.03. The van der Waals surface area contributed by atoms with E-state index in [9.17, 15) is 0 Å². The number of rotatable bonds is 5. The van der Waals surface area contributed by atoms with Gasteiger partial charge in [0.2, 0.25) is 0 Å². The molecular weight excluding hydrogens is 288 g/mol. The molecule has 20 heavy (non-hydrogen) atoms. The van der Waals surface area contributed by atoms with E-state index in [1.54, 1.807) is 0 Å². The summed E-state index contributed by atoms with van der Waals surface area (Å²) in [7, 11) is 0. The van der Waals surface area contributed by atoms with Crippen LogP contribution < -0.4 is 16.0 Å². The molecule has 2 aliphatic heterocycles. The first-order valence-electron chi connectivity index (χ1n) is 7.27. The van der Waals surface area contributed by atoms with Crippen LogP contribution in [0.25, 0.3) is 0 Å². The molecule has 0 saturated carbocycles. The number of fused-ring (bicyclic) bond motifs is 1. The van der Waals surface area contributed by atoms with Crippen LogP contribution in [0, 0.1) is 0 Å². The second-order valence-corrected chi connectivity index (χ2v) is 7.83. The van der Waals surface area contributed by atoms with Gasteiger partial charge in [-0.25, -0.2) is 0 Å². The van der Waals surface area contributed by atoms with Gasteiger partial charge in [-0.2, -0.15) is 23.5 Å². The summed E-state index contributed by atoms with van der Waals surface area (Å²) in [6.07, 6.45) is 3.25. The Kier molecular flexibility index (Phi) is 5.15. The second kappa shape index (κ2) is 7.07. The van der Waals surface area contributed by atoms with Crippen molar-refractivity contribution in [1.82, 2.24) is 5.43 Å². The number of thioether (sulfide) groups is 2. The van der Waals surface area contributed by atoms with Crippen LogP contribution in [0.2, 0.25) is 0 Å². The number of hydrogen-bond donors (Lipinski definition) is 2. The average Bonchev–Trinajstić information content (AvgIpc) is 2.96. The molecule has 2 unspecified atom stereocenters. The summed E-state index contributed by atoms with van der Waals surface area (Å²) in [5.74, 6) is 10.6. The molecule has 1 saturated heterocycles. The Morgan fingerprint density at radius 2 is 2.35 bits per heavy atom. The lowest BCUT2D eigenvalue weighted by Crippen LogP contribution is -2.45. The normalized spacial score (nSPS) is 23.1. The highest BCUT2D eigenvalue weighted by molar-refractivity contribution is 8.06. The first kappa shape index (κ1) is 14.6. The fourth-order valence-corrected chi connectivity index (χ4v) is 5.74. The van der Waals surface area contributed by atoms with Crippen LogP contribution >= 0.6 is 23.5 Å². The lowest BCUT2D eigenvalue weighted by Gasteiger charge is -2.29. The molecule has 110 valence electrons. The van der Waals surface area contributed by atoms with Gasteiger partial charge in [-0.05, 0) is 30.0 Å². The molecule has 0 aromatic heterocycles. The molecule has 3 rings (SSSR count). The van der Waals surface area contributed by atoms with Gasteiger partial charge in [0, 0.05) is 35.0 Å². The molecule has 0 aliphatic carbocycles. The Bertz CT molecular complexity index is 449. The molecule has 0 amide bonds. The van der Waals surface area contributed by atoms with Crippen molar-refractivity contribution in [2.75, 3.05) is 23.9 Å². The minimum absolute atomic E-state index is 0.414. The predicted molar refractivity (Wildman–Crippen MR) is 88.6 cm³/mol. The van der Waals surface area contributed by atoms with Crippen molar-refractivity contribution in [2.24, 2.45) is 5.84 Å². The van der Waals surface area contributed by atoms with Gasteiger partial charge in [0.25, 0.3) is 0 Å². The molecule has 3 N–H and O–H groups in total. The molecule has 0 radical (unpaired) electrons. The Hall–Kier alpha value is -0.360. The lowest BCUT2D eigenvalue weighted by molar-refractivity contribution is 0.357. The first-order chi connectivity index (χ1) is 9.86. The molecule has 1 fully saturated rings. The van der Waals surface area contributed by atoms with E-state index in [1.807, 2.05) is 0 Å². The number of hydrazine groups is 1. The van der Waals surface area contributed by atoms with E-state index in [4.69, 9.17) is 10.6 Å². The summed E-state index contributed by atoms with van der Waals surface area (Å²) in [4.78, 5) is 0. The van der Waals surface area contributed by atoms with Crippen molar-refractivity contribution in [3.8, 4) is 5.75 Å². The van der Waals surface area contributed by atoms with Crippen molar-refractivity contribution < 1.29 is 4.74 Å². The Labute approximate surface area is 129 Å². The first-order valence-corrected chi connectivity index (χ1v) is 9.47. The predicted octanol–water partition coefficient (Wildman–Crippen LogP) is 2.23. The van der Waals surface area contributed by atoms with Crippen molar-refractivity contribution in [1.29, 1.82) is 0 Å². The third kappa shape index (κ3) is 3.45. The third-order valence-corrected chi connectivity index (χ3v) is 6.92. The highest BCUT2D eigenvalue weighted by Crippen LogP contribution is 2.29. The fourth-order valence-electron chi connectivity index (χ4n) is 2.83. The van der Waals surface area contributed by atoms with Crippen molar-refractivity contribution in [2.45, 2.75) is 30.6 Å². The van der Waals surface area contributed by atoms with Gasteiger partial charge < -0.3 is 4.74 Å². The fraction of sp³-hybridized carbons (Fsp3) is 0.600. The maximum absolute atomic E-state index is 5.77. The summed E-state index contributed by atoms with van der Waals surface area (Å²) < 4.78 is 5.56. The van der Waals surface area contributed by atoms with Crippen LogP contribution in [0.15, 0.2) is 18.2 Å². The topological polar surface area (TPSA) is 47.3 Å². The van der Waals surface area contributed by atoms with Gasteiger partial charge in [0.05, 0.1) is 6.61 Å². The highest BCUT2D eigenvalue weighted by atomic mass is 32.2. The number of nitrogens with one attached hydrogen (secondary N) is 1. The molecule has 1 aromatic rings. The van der Waals surface area contributed by atoms with E-state index >= 15 is 0 Å². The van der Waals surface area contributed by atoms with E-state index < -0.39 is 0 Å². The Balaban J connectivity index is 1.57. The van der Waals surface area contributed by atoms with Crippen LogP contribution in [-0.2, 0) is 12.8 Å². The van der Waals surface area contributed by atoms with Crippen molar-refractivity contribution in [3.05, 3.63) is 29.3 Å². The SMILES string of the molecule is NNC(CCc1ccc2c(c1)CCO2)C1CSCCS1. The maximum Gasteiger partial charge on any atom is 0.122 e. The minimum Gasteiger partial charge on any atom is -0.493 e. The van der Waals surface area contributed by atoms with Gasteiger partial charge in [-0.1, -0.05) is 12.1 Å². The third-order valence-electron chi connectivity index (χ3n) is 4.00. The van der Waals surface area contributed by atoms with Crippen LogP contribution in [0.1, 0.15) is 17.5 Å². The zero-order valence-electron chi connectivity index (χ0n) is 11.6. The van der Waals surface area contributed by atoms with Crippen LogP contribution in [-0.4, -0.2) is 35.2 Å². The van der Waals surface area contributed by atoms with Crippen molar-refractivity contribution in [3.63, 3.8) is 0 Å². The highest BCUT2D eigenvalue weighted by Gasteiger charge is 2.23. The number of benzene rings is 1. The smallest absolute Gasteiger partial charge is 0.122 e. The van der Waals surface area contributed by atoms with Crippen LogP contribution in [0.3, 0.4) is 0 Å². The van der Waals surface area contributed by atoms with Crippen LogP contribution in [0.4, 0.5) is 0 Å². The van der Waals surface area contributed by atoms with Gasteiger partial charge in [0.15, 0.2) is 0 Å². The number of nitrogens with two attached hydrogens (primary N) is 1. The Morgan fingerprint density at radius 3 is 3.15 bits per heavy atom. The summed E-state index contributed by atoms with van der Waals surface area (Å²) in [6.45, 7) is 0.835. The van der Waals surface area contributed by atoms with Gasteiger partial charge in [-0.15, -0.1) is 0 Å². The minimum atomic E-state index is 0.414. The molecule has 5 heteroatoms. The molecule has 0 spiro atoms. The van der Waals surface area contributed by atoms with Gasteiger partial charge >= 0.3 is 0 Å². The molecule has 2 atom stereocenters. The largest absolute Gasteiger partial charge is 0.493 e. The number of ether oxygens (including phenoxy) is 1. The monoisotopic (exact) mass is 310 g/mol. The molecule has 1 aromatic carbocycles. The number of hydrogen-bond acceptors (Lipinski definition) is 5. The zero-order chi connectivity index (χ0) is 13.8. The second-order valence-electron chi connectivity index (χ2n) is 5.34. The lowest BCUT2D eigenvalue weighted by atomic mass is 10.0. The summed E-state index contributed by atoms with van der Waals surface area (Å²) in [5.41, 5.74) is 5.80. The molecular formula is C15H22N2OS2. The quantitative estimate of drug-likeness (QED) is 0.645. The van der Waals surface area contributed by atoms with E-state index in [0.717, 1.165) is 31.6 Å². The maximum atomic E-state index is 5.77. The van der Waals surface area contributed by atoms with Gasteiger partial charge in [0.1, 0.15) is 5.75 Å². The average molecular weight is 310 g/mol. The summed E-state index contributed by atoms with van der Waals surface area (Å²) >= 11 is 4.12. The standard InChI is InChI=1S/C15H22N2OS2/c16-17-13(15-10-19-7-8-20-15)3-1-11-2-4-14-12(9-11)5-6-18-14/h2,4,9,13,15,17H,1,3,5-8,10,16H2. The van der Waals surface area contributed by atoms with E-state index in [2.05, 4.69) is 47.1 Å².